The largest absolute Gasteiger partial charge is 0.490 e. The summed E-state index contributed by atoms with van der Waals surface area (Å²) in [4.78, 5) is 25.5. The first-order chi connectivity index (χ1) is 15.7. The molecule has 0 saturated heterocycles. The minimum atomic E-state index is -0.911. The van der Waals surface area contributed by atoms with Crippen molar-refractivity contribution in [1.29, 1.82) is 0 Å². The van der Waals surface area contributed by atoms with E-state index < -0.39 is 29.8 Å². The number of aryl methyl sites for hydroxylation is 1. The molecule has 0 spiro atoms. The Labute approximate surface area is 189 Å². The van der Waals surface area contributed by atoms with Crippen LogP contribution in [0.5, 0.6) is 5.75 Å². The molecule has 176 valence electrons. The minimum Gasteiger partial charge on any atom is -0.490 e. The van der Waals surface area contributed by atoms with E-state index in [-0.39, 0.29) is 34.6 Å². The van der Waals surface area contributed by atoms with Crippen LogP contribution in [0.4, 0.5) is 14.5 Å². The van der Waals surface area contributed by atoms with Gasteiger partial charge in [-0.05, 0) is 38.0 Å². The molecule has 0 aliphatic carbocycles. The minimum absolute atomic E-state index is 0.0157. The zero-order valence-corrected chi connectivity index (χ0v) is 18.9. The molecule has 0 aliphatic rings. The van der Waals surface area contributed by atoms with Crippen molar-refractivity contribution in [3.8, 4) is 11.4 Å². The number of aliphatic hydroxyl groups is 1. The number of benzene rings is 2. The Morgan fingerprint density at radius 1 is 1.27 bits per heavy atom. The number of carbonyl (C=O) groups is 1. The lowest BCUT2D eigenvalue weighted by atomic mass is 10.1. The van der Waals surface area contributed by atoms with Crippen LogP contribution >= 0.6 is 0 Å². The number of halogens is 2. The van der Waals surface area contributed by atoms with Crippen LogP contribution in [0.15, 0.2) is 35.1 Å². The number of hydrogen-bond donors (Lipinski definition) is 2. The number of aliphatic hydroxyl groups excluding tert-OH is 1. The fourth-order valence-electron chi connectivity index (χ4n) is 3.41. The molecular formula is C23H26F2N4O4. The highest BCUT2D eigenvalue weighted by atomic mass is 19.1. The number of carbonyl (C=O) groups excluding carboxylic acids is 1. The van der Waals surface area contributed by atoms with E-state index in [0.29, 0.717) is 12.0 Å². The Bertz CT molecular complexity index is 1220. The first-order valence-corrected chi connectivity index (χ1v) is 10.5. The van der Waals surface area contributed by atoms with Gasteiger partial charge in [0.1, 0.15) is 29.7 Å². The van der Waals surface area contributed by atoms with Crippen LogP contribution < -0.4 is 15.7 Å². The highest BCUT2D eigenvalue weighted by molar-refractivity contribution is 6.06. The van der Waals surface area contributed by atoms with Gasteiger partial charge in [0.05, 0.1) is 17.4 Å². The normalized spacial score (nSPS) is 12.0. The standard InChI is InChI=1S/C23H26F2N4O4/c1-5-7-14(3)33-19-11-18(29-23(32)28(4)20(12-30)27-29)17(25)10-15(19)22(31)26-21-13(2)8-6-9-16(21)24/h6,8-11,14,30H,5,7,12H2,1-4H3,(H,26,31). The third-order valence-corrected chi connectivity index (χ3v) is 5.22. The predicted octanol–water partition coefficient (Wildman–Crippen LogP) is 3.47. The number of para-hydroxylation sites is 1. The number of aromatic nitrogens is 3. The highest BCUT2D eigenvalue weighted by Gasteiger charge is 2.23. The van der Waals surface area contributed by atoms with Gasteiger partial charge in [-0.1, -0.05) is 25.5 Å². The van der Waals surface area contributed by atoms with E-state index in [0.717, 1.165) is 21.7 Å². The summed E-state index contributed by atoms with van der Waals surface area (Å²) in [6.45, 7) is 4.88. The average Bonchev–Trinajstić information content (AvgIpc) is 3.05. The Balaban J connectivity index is 2.10. The van der Waals surface area contributed by atoms with Gasteiger partial charge in [-0.25, -0.2) is 13.6 Å². The van der Waals surface area contributed by atoms with Crippen molar-refractivity contribution in [1.82, 2.24) is 14.3 Å². The van der Waals surface area contributed by atoms with E-state index in [2.05, 4.69) is 10.4 Å². The Hall–Kier alpha value is -3.53. The number of ether oxygens (including phenoxy) is 1. The molecule has 2 aromatic carbocycles. The number of nitrogens with one attached hydrogen (secondary N) is 1. The van der Waals surface area contributed by atoms with Crippen LogP contribution in [0.3, 0.4) is 0 Å². The van der Waals surface area contributed by atoms with Gasteiger partial charge in [-0.3, -0.25) is 9.36 Å². The first kappa shape index (κ1) is 24.1. The summed E-state index contributed by atoms with van der Waals surface area (Å²) >= 11 is 0. The van der Waals surface area contributed by atoms with Gasteiger partial charge in [-0.15, -0.1) is 5.10 Å². The molecule has 33 heavy (non-hydrogen) atoms. The fourth-order valence-corrected chi connectivity index (χ4v) is 3.41. The molecule has 1 amide bonds. The van der Waals surface area contributed by atoms with Crippen molar-refractivity contribution >= 4 is 11.6 Å². The van der Waals surface area contributed by atoms with Crippen LogP contribution in [0.2, 0.25) is 0 Å². The molecule has 1 atom stereocenters. The molecule has 10 heteroatoms. The Kier molecular flexibility index (Phi) is 7.27. The number of hydrogen-bond acceptors (Lipinski definition) is 5. The van der Waals surface area contributed by atoms with Gasteiger partial charge in [0.25, 0.3) is 5.91 Å². The topological polar surface area (TPSA) is 98.4 Å². The van der Waals surface area contributed by atoms with Crippen LogP contribution in [0.1, 0.15) is 48.4 Å². The smallest absolute Gasteiger partial charge is 0.350 e. The van der Waals surface area contributed by atoms with E-state index in [1.165, 1.54) is 25.2 Å². The predicted molar refractivity (Wildman–Crippen MR) is 119 cm³/mol. The number of amides is 1. The Morgan fingerprint density at radius 2 is 2.00 bits per heavy atom. The second-order valence-corrected chi connectivity index (χ2v) is 7.73. The van der Waals surface area contributed by atoms with Crippen molar-refractivity contribution in [2.75, 3.05) is 5.32 Å². The summed E-state index contributed by atoms with van der Waals surface area (Å²) in [5.41, 5.74) is -0.600. The SMILES string of the molecule is CCCC(C)Oc1cc(-n2nc(CO)n(C)c2=O)c(F)cc1C(=O)Nc1c(C)cccc1F. The van der Waals surface area contributed by atoms with Crippen LogP contribution in [0.25, 0.3) is 5.69 Å². The lowest BCUT2D eigenvalue weighted by molar-refractivity contribution is 0.101. The van der Waals surface area contributed by atoms with Crippen molar-refractivity contribution in [3.05, 3.63) is 69.4 Å². The summed E-state index contributed by atoms with van der Waals surface area (Å²) < 4.78 is 37.1. The van der Waals surface area contributed by atoms with Crippen molar-refractivity contribution < 1.29 is 23.4 Å². The monoisotopic (exact) mass is 460 g/mol. The highest BCUT2D eigenvalue weighted by Crippen LogP contribution is 2.29. The summed E-state index contributed by atoms with van der Waals surface area (Å²) in [6, 6.07) is 6.49. The van der Waals surface area contributed by atoms with Crippen molar-refractivity contribution in [2.24, 2.45) is 7.05 Å². The van der Waals surface area contributed by atoms with Gasteiger partial charge in [0.15, 0.2) is 5.82 Å². The second kappa shape index (κ2) is 9.95. The maximum Gasteiger partial charge on any atom is 0.350 e. The lowest BCUT2D eigenvalue weighted by Gasteiger charge is -2.18. The van der Waals surface area contributed by atoms with Crippen LogP contribution in [-0.4, -0.2) is 31.5 Å². The molecule has 8 nitrogen and oxygen atoms in total. The van der Waals surface area contributed by atoms with Crippen LogP contribution in [-0.2, 0) is 13.7 Å². The lowest BCUT2D eigenvalue weighted by Crippen LogP contribution is -2.24. The average molecular weight is 460 g/mol. The first-order valence-electron chi connectivity index (χ1n) is 10.5. The second-order valence-electron chi connectivity index (χ2n) is 7.73. The zero-order valence-electron chi connectivity index (χ0n) is 18.9. The maximum atomic E-state index is 15.1. The third kappa shape index (κ3) is 4.95. The van der Waals surface area contributed by atoms with E-state index >= 15 is 4.39 Å². The molecule has 1 aromatic heterocycles. The number of anilines is 1. The van der Waals surface area contributed by atoms with Gasteiger partial charge in [-0.2, -0.15) is 4.68 Å². The van der Waals surface area contributed by atoms with Gasteiger partial charge in [0, 0.05) is 13.1 Å². The molecule has 0 fully saturated rings. The molecule has 0 bridgehead atoms. The van der Waals surface area contributed by atoms with E-state index in [1.54, 1.807) is 19.9 Å². The molecular weight excluding hydrogens is 434 g/mol. The van der Waals surface area contributed by atoms with E-state index in [1.807, 2.05) is 6.92 Å². The molecule has 0 aliphatic heterocycles. The number of rotatable bonds is 8. The molecule has 0 saturated carbocycles. The quantitative estimate of drug-likeness (QED) is 0.537. The van der Waals surface area contributed by atoms with E-state index in [9.17, 15) is 19.1 Å². The van der Waals surface area contributed by atoms with Crippen molar-refractivity contribution in [3.63, 3.8) is 0 Å². The summed E-state index contributed by atoms with van der Waals surface area (Å²) in [6.07, 6.45) is 1.16. The number of nitrogens with zero attached hydrogens (tertiary/aromatic N) is 3. The molecule has 2 N–H and O–H groups in total. The third-order valence-electron chi connectivity index (χ3n) is 5.22. The molecule has 3 rings (SSSR count). The summed E-state index contributed by atoms with van der Waals surface area (Å²) in [5.74, 6) is -2.25. The molecule has 0 radical (unpaired) electrons. The molecule has 1 unspecified atom stereocenters. The fraction of sp³-hybridized carbons (Fsp3) is 0.348. The van der Waals surface area contributed by atoms with E-state index in [4.69, 9.17) is 4.74 Å². The molecule has 1 heterocycles. The van der Waals surface area contributed by atoms with Gasteiger partial charge in [0.2, 0.25) is 0 Å². The summed E-state index contributed by atoms with van der Waals surface area (Å²) in [5, 5.41) is 15.8. The molecule has 3 aromatic rings. The maximum absolute atomic E-state index is 15.1. The van der Waals surface area contributed by atoms with Gasteiger partial charge >= 0.3 is 5.69 Å². The Morgan fingerprint density at radius 3 is 2.61 bits per heavy atom. The van der Waals surface area contributed by atoms with Crippen LogP contribution in [0, 0.1) is 18.6 Å². The van der Waals surface area contributed by atoms with Crippen molar-refractivity contribution in [2.45, 2.75) is 46.3 Å². The summed E-state index contributed by atoms with van der Waals surface area (Å²) in [7, 11) is 1.40. The zero-order chi connectivity index (χ0) is 24.3. The van der Waals surface area contributed by atoms with Gasteiger partial charge < -0.3 is 15.2 Å².